The summed E-state index contributed by atoms with van der Waals surface area (Å²) >= 11 is 0. The highest BCUT2D eigenvalue weighted by Gasteiger charge is 2.15. The molecule has 0 atom stereocenters. The summed E-state index contributed by atoms with van der Waals surface area (Å²) in [4.78, 5) is 18.7. The molecule has 0 spiro atoms. The summed E-state index contributed by atoms with van der Waals surface area (Å²) in [5.41, 5.74) is 1.28. The van der Waals surface area contributed by atoms with E-state index in [9.17, 15) is 4.79 Å². The van der Waals surface area contributed by atoms with E-state index in [4.69, 9.17) is 5.26 Å². The lowest BCUT2D eigenvalue weighted by Crippen LogP contribution is -2.22. The van der Waals surface area contributed by atoms with Gasteiger partial charge in [0, 0.05) is 0 Å². The number of nitriles is 1. The van der Waals surface area contributed by atoms with Crippen molar-refractivity contribution in [3.8, 4) is 6.07 Å². The van der Waals surface area contributed by atoms with Crippen LogP contribution in [0.4, 0.5) is 0 Å². The fourth-order valence-electron chi connectivity index (χ4n) is 1.87. The van der Waals surface area contributed by atoms with Gasteiger partial charge in [0.15, 0.2) is 0 Å². The third-order valence-corrected chi connectivity index (χ3v) is 3.15. The number of nitrogens with zero attached hydrogens (tertiary/aromatic N) is 5. The highest BCUT2D eigenvalue weighted by molar-refractivity contribution is 5.75. The van der Waals surface area contributed by atoms with Crippen LogP contribution < -0.4 is 5.56 Å². The molecular formula is C15H18N6O. The Morgan fingerprint density at radius 3 is 2.64 bits per heavy atom. The molecule has 0 aromatic carbocycles. The molecule has 2 aromatic heterocycles. The van der Waals surface area contributed by atoms with E-state index in [1.165, 1.54) is 0 Å². The Balaban J connectivity index is 2.40. The second kappa shape index (κ2) is 5.56. The summed E-state index contributed by atoms with van der Waals surface area (Å²) in [6.07, 6.45) is 3.62. The predicted octanol–water partition coefficient (Wildman–Crippen LogP) is 1.86. The summed E-state index contributed by atoms with van der Waals surface area (Å²) in [5.74, 6) is 0.423. The maximum absolute atomic E-state index is 11.8. The number of rotatable bonds is 2. The SMILES string of the molecule is CC(=Cc1cn(C(C)(C)C)nn1)c1nc(C)c(C#N)c(=O)[nH]1. The van der Waals surface area contributed by atoms with Gasteiger partial charge in [0.25, 0.3) is 5.56 Å². The van der Waals surface area contributed by atoms with Crippen molar-refractivity contribution in [2.75, 3.05) is 0 Å². The largest absolute Gasteiger partial charge is 0.306 e. The van der Waals surface area contributed by atoms with Gasteiger partial charge < -0.3 is 4.98 Å². The second-order valence-corrected chi connectivity index (χ2v) is 6.07. The number of hydrogen-bond acceptors (Lipinski definition) is 5. The summed E-state index contributed by atoms with van der Waals surface area (Å²) in [5, 5.41) is 17.1. The standard InChI is InChI=1S/C15H18N6O/c1-9(6-11-8-21(20-19-11)15(3,4)5)13-17-10(2)12(7-16)14(22)18-13/h6,8H,1-5H3,(H,17,18,22). The zero-order valence-electron chi connectivity index (χ0n) is 13.3. The van der Waals surface area contributed by atoms with Crippen molar-refractivity contribution in [3.63, 3.8) is 0 Å². The number of allylic oxidation sites excluding steroid dienone is 1. The van der Waals surface area contributed by atoms with Crippen LogP contribution in [0.1, 0.15) is 50.5 Å². The van der Waals surface area contributed by atoms with Gasteiger partial charge in [0.2, 0.25) is 0 Å². The summed E-state index contributed by atoms with van der Waals surface area (Å²) in [6, 6.07) is 1.85. The van der Waals surface area contributed by atoms with Crippen molar-refractivity contribution in [2.24, 2.45) is 0 Å². The highest BCUT2D eigenvalue weighted by Crippen LogP contribution is 2.16. The van der Waals surface area contributed by atoms with Gasteiger partial charge in [0.1, 0.15) is 23.2 Å². The molecular weight excluding hydrogens is 280 g/mol. The first kappa shape index (κ1) is 15.6. The van der Waals surface area contributed by atoms with Crippen LogP contribution >= 0.6 is 0 Å². The van der Waals surface area contributed by atoms with Gasteiger partial charge >= 0.3 is 0 Å². The van der Waals surface area contributed by atoms with Crippen molar-refractivity contribution >= 4 is 11.6 Å². The molecule has 7 nitrogen and oxygen atoms in total. The number of nitrogens with one attached hydrogen (secondary N) is 1. The molecule has 0 radical (unpaired) electrons. The normalized spacial score (nSPS) is 12.3. The topological polar surface area (TPSA) is 100 Å². The quantitative estimate of drug-likeness (QED) is 0.912. The molecule has 1 N–H and O–H groups in total. The number of hydrogen-bond donors (Lipinski definition) is 1. The molecule has 2 rings (SSSR count). The fourth-order valence-corrected chi connectivity index (χ4v) is 1.87. The van der Waals surface area contributed by atoms with E-state index in [1.54, 1.807) is 17.7 Å². The molecule has 0 fully saturated rings. The van der Waals surface area contributed by atoms with E-state index < -0.39 is 5.56 Å². The minimum Gasteiger partial charge on any atom is -0.306 e. The average Bonchev–Trinajstić information content (AvgIpc) is 2.86. The first-order chi connectivity index (χ1) is 10.2. The van der Waals surface area contributed by atoms with Gasteiger partial charge in [-0.3, -0.25) is 4.79 Å². The van der Waals surface area contributed by atoms with E-state index in [-0.39, 0.29) is 11.1 Å². The third kappa shape index (κ3) is 3.11. The van der Waals surface area contributed by atoms with Crippen molar-refractivity contribution in [1.29, 1.82) is 5.26 Å². The van der Waals surface area contributed by atoms with Crippen LogP contribution in [0.2, 0.25) is 0 Å². The van der Waals surface area contributed by atoms with E-state index in [1.807, 2.05) is 40.0 Å². The molecule has 0 aliphatic heterocycles. The first-order valence-corrected chi connectivity index (χ1v) is 6.85. The molecule has 0 saturated carbocycles. The summed E-state index contributed by atoms with van der Waals surface area (Å²) in [6.45, 7) is 9.56. The predicted molar refractivity (Wildman–Crippen MR) is 82.9 cm³/mol. The Morgan fingerprint density at radius 2 is 2.14 bits per heavy atom. The van der Waals surface area contributed by atoms with Crippen molar-refractivity contribution in [1.82, 2.24) is 25.0 Å². The number of H-pyrrole nitrogens is 1. The molecule has 0 bridgehead atoms. The van der Waals surface area contributed by atoms with Gasteiger partial charge in [0.05, 0.1) is 17.4 Å². The lowest BCUT2D eigenvalue weighted by atomic mass is 10.1. The van der Waals surface area contributed by atoms with Gasteiger partial charge in [-0.25, -0.2) is 9.67 Å². The van der Waals surface area contributed by atoms with Crippen LogP contribution in [0.3, 0.4) is 0 Å². The van der Waals surface area contributed by atoms with E-state index >= 15 is 0 Å². The van der Waals surface area contributed by atoms with Crippen LogP contribution in [-0.2, 0) is 5.54 Å². The molecule has 0 saturated heterocycles. The Bertz CT molecular complexity index is 829. The fraction of sp³-hybridized carbons (Fsp3) is 0.400. The number of aryl methyl sites for hydroxylation is 1. The minimum atomic E-state index is -0.434. The van der Waals surface area contributed by atoms with Crippen LogP contribution in [-0.4, -0.2) is 25.0 Å². The molecule has 2 heterocycles. The molecule has 0 amide bonds. The lowest BCUT2D eigenvalue weighted by Gasteiger charge is -2.17. The maximum atomic E-state index is 11.8. The Hall–Kier alpha value is -2.75. The van der Waals surface area contributed by atoms with E-state index in [0.29, 0.717) is 17.2 Å². The zero-order valence-corrected chi connectivity index (χ0v) is 13.3. The Labute approximate surface area is 128 Å². The molecule has 114 valence electrons. The molecule has 22 heavy (non-hydrogen) atoms. The van der Waals surface area contributed by atoms with Crippen molar-refractivity contribution < 1.29 is 0 Å². The van der Waals surface area contributed by atoms with E-state index in [2.05, 4.69) is 20.3 Å². The molecule has 0 aliphatic carbocycles. The lowest BCUT2D eigenvalue weighted by molar-refractivity contribution is 0.347. The van der Waals surface area contributed by atoms with E-state index in [0.717, 1.165) is 5.57 Å². The molecule has 2 aromatic rings. The summed E-state index contributed by atoms with van der Waals surface area (Å²) < 4.78 is 1.77. The second-order valence-electron chi connectivity index (χ2n) is 6.07. The van der Waals surface area contributed by atoms with Gasteiger partial charge in [-0.1, -0.05) is 5.21 Å². The Morgan fingerprint density at radius 1 is 1.45 bits per heavy atom. The monoisotopic (exact) mass is 298 g/mol. The highest BCUT2D eigenvalue weighted by atomic mass is 16.1. The minimum absolute atomic E-state index is 0.0372. The average molecular weight is 298 g/mol. The van der Waals surface area contributed by atoms with Crippen LogP contribution in [0.25, 0.3) is 11.6 Å². The molecule has 0 unspecified atom stereocenters. The van der Waals surface area contributed by atoms with Crippen LogP contribution in [0.5, 0.6) is 0 Å². The molecule has 7 heteroatoms. The zero-order chi connectivity index (χ0) is 16.5. The van der Waals surface area contributed by atoms with Gasteiger partial charge in [-0.15, -0.1) is 5.10 Å². The number of aromatic nitrogens is 5. The molecule has 0 aliphatic rings. The van der Waals surface area contributed by atoms with Gasteiger partial charge in [-0.2, -0.15) is 5.26 Å². The van der Waals surface area contributed by atoms with Gasteiger partial charge in [-0.05, 0) is 46.3 Å². The summed E-state index contributed by atoms with van der Waals surface area (Å²) in [7, 11) is 0. The maximum Gasteiger partial charge on any atom is 0.269 e. The van der Waals surface area contributed by atoms with Crippen LogP contribution in [0.15, 0.2) is 11.0 Å². The van der Waals surface area contributed by atoms with Crippen molar-refractivity contribution in [2.45, 2.75) is 40.2 Å². The third-order valence-electron chi connectivity index (χ3n) is 3.15. The Kier molecular flexibility index (Phi) is 3.95. The van der Waals surface area contributed by atoms with Crippen molar-refractivity contribution in [3.05, 3.63) is 39.3 Å². The number of aromatic amines is 1. The first-order valence-electron chi connectivity index (χ1n) is 6.85. The van der Waals surface area contributed by atoms with Crippen LogP contribution in [0, 0.1) is 18.3 Å². The smallest absolute Gasteiger partial charge is 0.269 e.